The summed E-state index contributed by atoms with van der Waals surface area (Å²) in [5, 5.41) is 0. The van der Waals surface area contributed by atoms with Crippen LogP contribution in [0.2, 0.25) is 0 Å². The molecule has 0 spiro atoms. The van der Waals surface area contributed by atoms with Gasteiger partial charge < -0.3 is 14.4 Å². The van der Waals surface area contributed by atoms with Crippen LogP contribution in [-0.2, 0) is 15.9 Å². The maximum absolute atomic E-state index is 5.67. The van der Waals surface area contributed by atoms with E-state index in [1.54, 1.807) is 0 Å². The molecule has 1 atom stereocenters. The number of hydrogen-bond acceptors (Lipinski definition) is 5. The van der Waals surface area contributed by atoms with E-state index >= 15 is 0 Å². The van der Waals surface area contributed by atoms with Crippen LogP contribution in [0.15, 0.2) is 6.07 Å². The third-order valence-corrected chi connectivity index (χ3v) is 3.14. The fraction of sp³-hybridized carbons (Fsp3) is 0.714. The number of aryl methyl sites for hydroxylation is 2. The van der Waals surface area contributed by atoms with Crippen molar-refractivity contribution >= 4 is 5.82 Å². The Kier molecular flexibility index (Phi) is 5.10. The number of aromatic nitrogens is 2. The second kappa shape index (κ2) is 6.82. The molecule has 2 rings (SSSR count). The molecule has 1 aromatic heterocycles. The number of rotatable bonds is 5. The quantitative estimate of drug-likeness (QED) is 0.809. The van der Waals surface area contributed by atoms with Crippen LogP contribution in [-0.4, -0.2) is 49.5 Å². The summed E-state index contributed by atoms with van der Waals surface area (Å²) in [6.45, 7) is 6.94. The lowest BCUT2D eigenvalue weighted by atomic mass is 10.2. The van der Waals surface area contributed by atoms with Crippen LogP contribution in [0, 0.1) is 6.92 Å². The Labute approximate surface area is 115 Å². The Balaban J connectivity index is 2.02. The minimum atomic E-state index is 0.128. The van der Waals surface area contributed by atoms with E-state index < -0.39 is 0 Å². The number of hydrogen-bond donors (Lipinski definition) is 0. The summed E-state index contributed by atoms with van der Waals surface area (Å²) in [4.78, 5) is 11.1. The minimum Gasteiger partial charge on any atom is -0.376 e. The van der Waals surface area contributed by atoms with E-state index in [2.05, 4.69) is 27.9 Å². The van der Waals surface area contributed by atoms with E-state index in [0.29, 0.717) is 19.8 Å². The van der Waals surface area contributed by atoms with E-state index in [-0.39, 0.29) is 6.10 Å². The molecule has 1 aliphatic heterocycles. The average molecular weight is 265 g/mol. The zero-order valence-electron chi connectivity index (χ0n) is 12.1. The maximum Gasteiger partial charge on any atom is 0.132 e. The third-order valence-electron chi connectivity index (χ3n) is 3.14. The molecule has 1 aromatic rings. The maximum atomic E-state index is 5.67. The summed E-state index contributed by atoms with van der Waals surface area (Å²) in [5.41, 5.74) is 1.11. The normalized spacial score (nSPS) is 19.4. The molecule has 1 saturated heterocycles. The van der Waals surface area contributed by atoms with E-state index in [1.165, 1.54) is 0 Å². The lowest BCUT2D eigenvalue weighted by molar-refractivity contribution is -0.0837. The highest BCUT2D eigenvalue weighted by atomic mass is 16.6. The van der Waals surface area contributed by atoms with Gasteiger partial charge in [-0.05, 0) is 13.3 Å². The molecule has 0 amide bonds. The van der Waals surface area contributed by atoms with Gasteiger partial charge in [-0.1, -0.05) is 13.3 Å². The predicted molar refractivity (Wildman–Crippen MR) is 74.6 cm³/mol. The highest BCUT2D eigenvalue weighted by molar-refractivity contribution is 5.39. The Morgan fingerprint density at radius 2 is 2.21 bits per heavy atom. The second-order valence-electron chi connectivity index (χ2n) is 4.96. The molecule has 1 unspecified atom stereocenters. The van der Waals surface area contributed by atoms with Gasteiger partial charge in [0.15, 0.2) is 0 Å². The van der Waals surface area contributed by atoms with Crippen molar-refractivity contribution in [3.8, 4) is 0 Å². The van der Waals surface area contributed by atoms with Crippen LogP contribution >= 0.6 is 0 Å². The van der Waals surface area contributed by atoms with Crippen molar-refractivity contribution in [2.45, 2.75) is 32.8 Å². The van der Waals surface area contributed by atoms with Gasteiger partial charge in [0, 0.05) is 25.4 Å². The van der Waals surface area contributed by atoms with Gasteiger partial charge in [0.1, 0.15) is 11.6 Å². The number of nitrogens with zero attached hydrogens (tertiary/aromatic N) is 3. The first-order valence-corrected chi connectivity index (χ1v) is 6.94. The van der Waals surface area contributed by atoms with Gasteiger partial charge in [0.25, 0.3) is 0 Å². The fourth-order valence-corrected chi connectivity index (χ4v) is 2.23. The smallest absolute Gasteiger partial charge is 0.132 e. The molecule has 5 heteroatoms. The van der Waals surface area contributed by atoms with Gasteiger partial charge in [-0.3, -0.25) is 0 Å². The van der Waals surface area contributed by atoms with Crippen LogP contribution in [0.25, 0.3) is 0 Å². The monoisotopic (exact) mass is 265 g/mol. The topological polar surface area (TPSA) is 47.5 Å². The lowest BCUT2D eigenvalue weighted by Crippen LogP contribution is -2.38. The minimum absolute atomic E-state index is 0.128. The molecule has 2 heterocycles. The van der Waals surface area contributed by atoms with Crippen molar-refractivity contribution in [3.63, 3.8) is 0 Å². The number of ether oxygens (including phenoxy) is 2. The molecule has 0 bridgehead atoms. The summed E-state index contributed by atoms with van der Waals surface area (Å²) < 4.78 is 11.1. The highest BCUT2D eigenvalue weighted by Crippen LogP contribution is 2.14. The van der Waals surface area contributed by atoms with Crippen LogP contribution in [0.1, 0.15) is 24.9 Å². The van der Waals surface area contributed by atoms with Crippen LogP contribution in [0.4, 0.5) is 5.82 Å². The van der Waals surface area contributed by atoms with Crippen molar-refractivity contribution in [3.05, 3.63) is 17.6 Å². The second-order valence-corrected chi connectivity index (χ2v) is 4.96. The summed E-state index contributed by atoms with van der Waals surface area (Å²) in [6.07, 6.45) is 2.22. The van der Waals surface area contributed by atoms with Gasteiger partial charge >= 0.3 is 0 Å². The van der Waals surface area contributed by atoms with E-state index in [4.69, 9.17) is 9.47 Å². The Hall–Kier alpha value is -1.20. The Bertz CT molecular complexity index is 406. The zero-order chi connectivity index (χ0) is 13.7. The van der Waals surface area contributed by atoms with Crippen molar-refractivity contribution in [1.29, 1.82) is 0 Å². The van der Waals surface area contributed by atoms with E-state index in [9.17, 15) is 0 Å². The van der Waals surface area contributed by atoms with Crippen LogP contribution < -0.4 is 4.90 Å². The molecule has 0 saturated carbocycles. The molecule has 0 radical (unpaired) electrons. The van der Waals surface area contributed by atoms with Gasteiger partial charge in [-0.2, -0.15) is 0 Å². The molecule has 0 aliphatic carbocycles. The van der Waals surface area contributed by atoms with Crippen molar-refractivity contribution in [2.75, 3.05) is 38.3 Å². The highest BCUT2D eigenvalue weighted by Gasteiger charge is 2.17. The molecular formula is C14H23N3O2. The SMILES string of the molecule is CCCc1cc(N(C)CC2COCCO2)nc(C)n1. The molecular weight excluding hydrogens is 242 g/mol. The predicted octanol–water partition coefficient (Wildman–Crippen LogP) is 1.59. The van der Waals surface area contributed by atoms with Crippen molar-refractivity contribution in [1.82, 2.24) is 9.97 Å². The molecule has 1 aliphatic rings. The molecule has 1 fully saturated rings. The van der Waals surface area contributed by atoms with Crippen LogP contribution in [0.5, 0.6) is 0 Å². The number of anilines is 1. The van der Waals surface area contributed by atoms with Crippen molar-refractivity contribution in [2.24, 2.45) is 0 Å². The van der Waals surface area contributed by atoms with E-state index in [0.717, 1.165) is 36.7 Å². The fourth-order valence-electron chi connectivity index (χ4n) is 2.23. The zero-order valence-corrected chi connectivity index (χ0v) is 12.1. The Morgan fingerprint density at radius 1 is 1.37 bits per heavy atom. The first kappa shape index (κ1) is 14.2. The Morgan fingerprint density at radius 3 is 2.89 bits per heavy atom. The van der Waals surface area contributed by atoms with Gasteiger partial charge in [-0.25, -0.2) is 9.97 Å². The van der Waals surface area contributed by atoms with Crippen LogP contribution in [0.3, 0.4) is 0 Å². The van der Waals surface area contributed by atoms with E-state index in [1.807, 2.05) is 14.0 Å². The first-order chi connectivity index (χ1) is 9.19. The van der Waals surface area contributed by atoms with Gasteiger partial charge in [-0.15, -0.1) is 0 Å². The molecule has 106 valence electrons. The molecule has 19 heavy (non-hydrogen) atoms. The average Bonchev–Trinajstić information content (AvgIpc) is 2.39. The lowest BCUT2D eigenvalue weighted by Gasteiger charge is -2.28. The summed E-state index contributed by atoms with van der Waals surface area (Å²) in [5.74, 6) is 1.79. The largest absolute Gasteiger partial charge is 0.376 e. The first-order valence-electron chi connectivity index (χ1n) is 6.94. The van der Waals surface area contributed by atoms with Gasteiger partial charge in [0.2, 0.25) is 0 Å². The van der Waals surface area contributed by atoms with Crippen molar-refractivity contribution < 1.29 is 9.47 Å². The molecule has 0 N–H and O–H groups in total. The van der Waals surface area contributed by atoms with Gasteiger partial charge in [0.05, 0.1) is 25.9 Å². The summed E-state index contributed by atoms with van der Waals surface area (Å²) in [6, 6.07) is 2.07. The molecule has 0 aromatic carbocycles. The molecule has 5 nitrogen and oxygen atoms in total. The third kappa shape index (κ3) is 4.14. The standard InChI is InChI=1S/C14H23N3O2/c1-4-5-12-8-14(16-11(2)15-12)17(3)9-13-10-18-6-7-19-13/h8,13H,4-7,9-10H2,1-3H3. The summed E-state index contributed by atoms with van der Waals surface area (Å²) in [7, 11) is 2.04. The summed E-state index contributed by atoms with van der Waals surface area (Å²) >= 11 is 0. The number of likely N-dealkylation sites (N-methyl/N-ethyl adjacent to an activating group) is 1.